The van der Waals surface area contributed by atoms with Crippen LogP contribution in [-0.2, 0) is 0 Å². The van der Waals surface area contributed by atoms with Gasteiger partial charge in [-0.1, -0.05) is 0 Å². The lowest BCUT2D eigenvalue weighted by molar-refractivity contribution is 0.375. The molecule has 1 aromatic rings. The fourth-order valence-electron chi connectivity index (χ4n) is 2.39. The third-order valence-corrected chi connectivity index (χ3v) is 3.46. The van der Waals surface area contributed by atoms with Gasteiger partial charge in [-0.05, 0) is 50.9 Å². The number of hydrogen-bond acceptors (Lipinski definition) is 3. The Morgan fingerprint density at radius 3 is 2.88 bits per heavy atom. The van der Waals surface area contributed by atoms with Crippen molar-refractivity contribution >= 4 is 5.82 Å². The Morgan fingerprint density at radius 1 is 1.47 bits per heavy atom. The number of aromatic nitrogens is 1. The second-order valence-electron chi connectivity index (χ2n) is 4.63. The Bertz CT molecular complexity index is 348. The fraction of sp³-hybridized carbons (Fsp3) is 0.615. The Hall–Kier alpha value is -1.16. The van der Waals surface area contributed by atoms with Gasteiger partial charge in [-0.3, -0.25) is 0 Å². The van der Waals surface area contributed by atoms with E-state index in [1.165, 1.54) is 12.5 Å². The largest absolute Gasteiger partial charge is 0.354 e. The topological polar surface area (TPSA) is 28.2 Å². The Morgan fingerprint density at radius 2 is 2.24 bits per heavy atom. The van der Waals surface area contributed by atoms with Crippen LogP contribution in [-0.4, -0.2) is 31.7 Å². The molecule has 1 aliphatic heterocycles. The van der Waals surface area contributed by atoms with Crippen molar-refractivity contribution in [1.82, 2.24) is 10.3 Å². The van der Waals surface area contributed by atoms with Crippen molar-refractivity contribution < 1.29 is 4.39 Å². The molecular formula is C13H20FN3. The summed E-state index contributed by atoms with van der Waals surface area (Å²) in [7, 11) is 1.98. The number of piperidine rings is 1. The lowest BCUT2D eigenvalue weighted by Gasteiger charge is -2.32. The number of nitrogens with zero attached hydrogens (tertiary/aromatic N) is 2. The summed E-state index contributed by atoms with van der Waals surface area (Å²) in [5.74, 6) is 1.08. The number of halogens is 1. The first-order valence-electron chi connectivity index (χ1n) is 6.31. The predicted molar refractivity (Wildman–Crippen MR) is 67.7 cm³/mol. The van der Waals surface area contributed by atoms with Gasteiger partial charge in [0.1, 0.15) is 0 Å². The van der Waals surface area contributed by atoms with Crippen LogP contribution in [0.25, 0.3) is 0 Å². The normalized spacial score (nSPS) is 17.4. The molecule has 0 radical (unpaired) electrons. The highest BCUT2D eigenvalue weighted by atomic mass is 19.1. The van der Waals surface area contributed by atoms with Gasteiger partial charge in [-0.25, -0.2) is 9.37 Å². The molecule has 17 heavy (non-hydrogen) atoms. The van der Waals surface area contributed by atoms with Crippen molar-refractivity contribution in [2.24, 2.45) is 5.92 Å². The minimum Gasteiger partial charge on any atom is -0.354 e. The van der Waals surface area contributed by atoms with Gasteiger partial charge in [0.15, 0.2) is 11.6 Å². The average molecular weight is 237 g/mol. The zero-order valence-electron chi connectivity index (χ0n) is 10.3. The molecule has 0 amide bonds. The van der Waals surface area contributed by atoms with Crippen LogP contribution in [0.5, 0.6) is 0 Å². The lowest BCUT2D eigenvalue weighted by atomic mass is 9.93. The molecule has 1 aromatic heterocycles. The van der Waals surface area contributed by atoms with Gasteiger partial charge in [0.2, 0.25) is 0 Å². The van der Waals surface area contributed by atoms with E-state index in [-0.39, 0.29) is 5.82 Å². The highest BCUT2D eigenvalue weighted by molar-refractivity contribution is 5.39. The molecule has 1 N–H and O–H groups in total. The highest BCUT2D eigenvalue weighted by Gasteiger charge is 2.21. The summed E-state index contributed by atoms with van der Waals surface area (Å²) in [6, 6.07) is 3.12. The zero-order valence-corrected chi connectivity index (χ0v) is 10.3. The van der Waals surface area contributed by atoms with Gasteiger partial charge in [-0.2, -0.15) is 0 Å². The molecule has 4 heteroatoms. The molecule has 0 atom stereocenters. The van der Waals surface area contributed by atoms with Crippen molar-refractivity contribution in [3.8, 4) is 0 Å². The second kappa shape index (κ2) is 5.96. The van der Waals surface area contributed by atoms with Gasteiger partial charge >= 0.3 is 0 Å². The minimum absolute atomic E-state index is 0.207. The summed E-state index contributed by atoms with van der Waals surface area (Å²) in [5, 5.41) is 3.18. The van der Waals surface area contributed by atoms with Crippen molar-refractivity contribution in [3.63, 3.8) is 0 Å². The number of hydrogen-bond donors (Lipinski definition) is 1. The lowest BCUT2D eigenvalue weighted by Crippen LogP contribution is -2.35. The third kappa shape index (κ3) is 3.16. The molecule has 0 saturated carbocycles. The highest BCUT2D eigenvalue weighted by Crippen LogP contribution is 2.24. The molecule has 0 aliphatic carbocycles. The van der Waals surface area contributed by atoms with E-state index in [1.807, 2.05) is 7.05 Å². The molecule has 2 rings (SSSR count). The maximum atomic E-state index is 13.6. The number of nitrogens with one attached hydrogen (secondary N) is 1. The van der Waals surface area contributed by atoms with Crippen LogP contribution in [0.1, 0.15) is 19.3 Å². The van der Waals surface area contributed by atoms with E-state index in [1.54, 1.807) is 12.3 Å². The molecule has 1 saturated heterocycles. The van der Waals surface area contributed by atoms with Gasteiger partial charge in [0.05, 0.1) is 0 Å². The van der Waals surface area contributed by atoms with Crippen LogP contribution >= 0.6 is 0 Å². The van der Waals surface area contributed by atoms with E-state index in [2.05, 4.69) is 15.2 Å². The summed E-state index contributed by atoms with van der Waals surface area (Å²) in [4.78, 5) is 6.19. The molecule has 1 fully saturated rings. The van der Waals surface area contributed by atoms with E-state index in [9.17, 15) is 4.39 Å². The van der Waals surface area contributed by atoms with Crippen LogP contribution in [0.15, 0.2) is 18.3 Å². The number of rotatable bonds is 4. The van der Waals surface area contributed by atoms with Crippen LogP contribution in [0.2, 0.25) is 0 Å². The van der Waals surface area contributed by atoms with Crippen molar-refractivity contribution in [1.29, 1.82) is 0 Å². The molecule has 3 nitrogen and oxygen atoms in total. The summed E-state index contributed by atoms with van der Waals surface area (Å²) >= 11 is 0. The van der Waals surface area contributed by atoms with Gasteiger partial charge in [0.25, 0.3) is 0 Å². The van der Waals surface area contributed by atoms with Crippen LogP contribution in [0.3, 0.4) is 0 Å². The quantitative estimate of drug-likeness (QED) is 0.868. The van der Waals surface area contributed by atoms with E-state index in [0.717, 1.165) is 38.4 Å². The molecule has 2 heterocycles. The molecular weight excluding hydrogens is 217 g/mol. The monoisotopic (exact) mass is 237 g/mol. The Labute approximate surface area is 102 Å². The van der Waals surface area contributed by atoms with Crippen molar-refractivity contribution in [2.75, 3.05) is 31.6 Å². The third-order valence-electron chi connectivity index (χ3n) is 3.46. The first kappa shape index (κ1) is 12.3. The first-order chi connectivity index (χ1) is 8.31. The standard InChI is InChI=1S/C13H20FN3/c1-15-8-4-11-5-9-17(10-6-11)13-12(14)3-2-7-16-13/h2-3,7,11,15H,4-6,8-10H2,1H3. The smallest absolute Gasteiger partial charge is 0.165 e. The van der Waals surface area contributed by atoms with E-state index < -0.39 is 0 Å². The molecule has 1 aliphatic rings. The maximum absolute atomic E-state index is 13.6. The van der Waals surface area contributed by atoms with Crippen LogP contribution < -0.4 is 10.2 Å². The molecule has 0 bridgehead atoms. The fourth-order valence-corrected chi connectivity index (χ4v) is 2.39. The Balaban J connectivity index is 1.89. The van der Waals surface area contributed by atoms with E-state index in [0.29, 0.717) is 5.82 Å². The SMILES string of the molecule is CNCCC1CCN(c2ncccc2F)CC1. The zero-order chi connectivity index (χ0) is 12.1. The Kier molecular flexibility index (Phi) is 4.31. The van der Waals surface area contributed by atoms with Gasteiger partial charge in [0, 0.05) is 19.3 Å². The van der Waals surface area contributed by atoms with Crippen LogP contribution in [0, 0.1) is 11.7 Å². The number of anilines is 1. The van der Waals surface area contributed by atoms with Crippen LogP contribution in [0.4, 0.5) is 10.2 Å². The number of pyridine rings is 1. The maximum Gasteiger partial charge on any atom is 0.165 e. The predicted octanol–water partition coefficient (Wildman–Crippen LogP) is 2.05. The molecule has 94 valence electrons. The minimum atomic E-state index is -0.207. The first-order valence-corrected chi connectivity index (χ1v) is 6.31. The molecule has 0 unspecified atom stereocenters. The average Bonchev–Trinajstić information content (AvgIpc) is 2.38. The van der Waals surface area contributed by atoms with Gasteiger partial charge in [-0.15, -0.1) is 0 Å². The second-order valence-corrected chi connectivity index (χ2v) is 4.63. The molecule has 0 aromatic carbocycles. The summed E-state index contributed by atoms with van der Waals surface area (Å²) < 4.78 is 13.6. The summed E-state index contributed by atoms with van der Waals surface area (Å²) in [6.07, 6.45) is 5.15. The summed E-state index contributed by atoms with van der Waals surface area (Å²) in [6.45, 7) is 2.91. The van der Waals surface area contributed by atoms with Gasteiger partial charge < -0.3 is 10.2 Å². The van der Waals surface area contributed by atoms with E-state index >= 15 is 0 Å². The van der Waals surface area contributed by atoms with E-state index in [4.69, 9.17) is 0 Å². The van der Waals surface area contributed by atoms with Crippen molar-refractivity contribution in [3.05, 3.63) is 24.1 Å². The molecule has 0 spiro atoms. The van der Waals surface area contributed by atoms with Crippen molar-refractivity contribution in [2.45, 2.75) is 19.3 Å². The summed E-state index contributed by atoms with van der Waals surface area (Å²) in [5.41, 5.74) is 0.